The zero-order valence-corrected chi connectivity index (χ0v) is 26.0. The second-order valence-corrected chi connectivity index (χ2v) is 13.9. The monoisotopic (exact) mass is 592 g/mol. The second kappa shape index (κ2) is 12.2. The van der Waals surface area contributed by atoms with Gasteiger partial charge in [-0.15, -0.1) is 0 Å². The lowest BCUT2D eigenvalue weighted by atomic mass is 9.85. The Hall–Kier alpha value is -5.03. The van der Waals surface area contributed by atoms with Gasteiger partial charge in [-0.1, -0.05) is 164 Å². The minimum atomic E-state index is -0.590. The van der Waals surface area contributed by atoms with Gasteiger partial charge in [0.15, 0.2) is 0 Å². The topological polar surface area (TPSA) is 0 Å². The number of rotatable bonds is 6. The van der Waals surface area contributed by atoms with E-state index in [1.165, 1.54) is 65.5 Å². The molecule has 8 rings (SSSR count). The van der Waals surface area contributed by atoms with Crippen molar-refractivity contribution in [2.75, 3.05) is 0 Å². The highest BCUT2D eigenvalue weighted by Gasteiger charge is 2.20. The molecule has 214 valence electrons. The fourth-order valence-corrected chi connectivity index (χ4v) is 9.39. The molecule has 0 bridgehead atoms. The van der Waals surface area contributed by atoms with Gasteiger partial charge in [-0.05, 0) is 104 Å². The Kier molecular flexibility index (Phi) is 7.44. The lowest BCUT2D eigenvalue weighted by Gasteiger charge is -2.24. The number of hydrogen-bond donors (Lipinski definition) is 0. The van der Waals surface area contributed by atoms with E-state index < -0.39 is 7.92 Å². The summed E-state index contributed by atoms with van der Waals surface area (Å²) < 4.78 is 0. The summed E-state index contributed by atoms with van der Waals surface area (Å²) in [6.07, 6.45) is 9.11. The van der Waals surface area contributed by atoms with E-state index in [-0.39, 0.29) is 0 Å². The van der Waals surface area contributed by atoms with Gasteiger partial charge >= 0.3 is 0 Å². The van der Waals surface area contributed by atoms with Crippen molar-refractivity contribution in [2.24, 2.45) is 0 Å². The molecular weight excluding hydrogens is 559 g/mol. The van der Waals surface area contributed by atoms with E-state index in [1.54, 1.807) is 5.31 Å². The highest BCUT2D eigenvalue weighted by Crippen LogP contribution is 2.47. The summed E-state index contributed by atoms with van der Waals surface area (Å²) in [5, 5.41) is 9.50. The van der Waals surface area contributed by atoms with Crippen molar-refractivity contribution in [1.29, 1.82) is 0 Å². The molecule has 45 heavy (non-hydrogen) atoms. The number of hydrogen-bond acceptors (Lipinski definition) is 0. The normalized spacial score (nSPS) is 13.6. The zero-order chi connectivity index (χ0) is 30.0. The van der Waals surface area contributed by atoms with Crippen molar-refractivity contribution in [2.45, 2.75) is 12.8 Å². The summed E-state index contributed by atoms with van der Waals surface area (Å²) in [7, 11) is -0.590. The smallest absolute Gasteiger partial charge is 0.00262 e. The Morgan fingerprint density at radius 1 is 0.400 bits per heavy atom. The first kappa shape index (κ1) is 27.5. The summed E-state index contributed by atoms with van der Waals surface area (Å²) in [5.74, 6) is 0. The molecule has 0 N–H and O–H groups in total. The van der Waals surface area contributed by atoms with Gasteiger partial charge in [0.25, 0.3) is 0 Å². The first-order chi connectivity index (χ1) is 22.3. The predicted octanol–water partition coefficient (Wildman–Crippen LogP) is 11.7. The fraction of sp³-hybridized carbons (Fsp3) is 0.0455. The maximum atomic E-state index is 2.44. The van der Waals surface area contributed by atoms with Crippen molar-refractivity contribution < 1.29 is 0 Å². The van der Waals surface area contributed by atoms with Crippen LogP contribution in [0.1, 0.15) is 12.8 Å². The molecule has 0 aliphatic heterocycles. The number of allylic oxidation sites excluding steroid dienone is 4. The van der Waals surface area contributed by atoms with Crippen LogP contribution in [0.25, 0.3) is 54.9 Å². The van der Waals surface area contributed by atoms with Crippen molar-refractivity contribution in [3.05, 3.63) is 181 Å². The lowest BCUT2D eigenvalue weighted by Crippen LogP contribution is -2.13. The summed E-state index contributed by atoms with van der Waals surface area (Å²) >= 11 is 0. The molecule has 7 aromatic rings. The second-order valence-electron chi connectivity index (χ2n) is 11.6. The van der Waals surface area contributed by atoms with Crippen LogP contribution >= 0.6 is 7.92 Å². The quantitative estimate of drug-likeness (QED) is 0.133. The summed E-state index contributed by atoms with van der Waals surface area (Å²) in [5.41, 5.74) is 7.60. The van der Waals surface area contributed by atoms with Gasteiger partial charge in [0.1, 0.15) is 0 Å². The van der Waals surface area contributed by atoms with Crippen molar-refractivity contribution >= 4 is 40.1 Å². The first-order valence-electron chi connectivity index (χ1n) is 15.8. The van der Waals surface area contributed by atoms with Crippen LogP contribution in [0.3, 0.4) is 0 Å². The van der Waals surface area contributed by atoms with E-state index in [9.17, 15) is 0 Å². The van der Waals surface area contributed by atoms with Gasteiger partial charge in [-0.25, -0.2) is 0 Å². The third kappa shape index (κ3) is 5.22. The third-order valence-corrected chi connectivity index (χ3v) is 11.4. The maximum absolute atomic E-state index is 2.44. The van der Waals surface area contributed by atoms with Gasteiger partial charge in [0, 0.05) is 0 Å². The summed E-state index contributed by atoms with van der Waals surface area (Å²) in [6.45, 7) is 0. The lowest BCUT2D eigenvalue weighted by molar-refractivity contribution is 1.02. The zero-order valence-electron chi connectivity index (χ0n) is 25.1. The molecule has 0 saturated carbocycles. The van der Waals surface area contributed by atoms with Crippen LogP contribution in [0.2, 0.25) is 0 Å². The minimum Gasteiger partial charge on any atom is -0.0842 e. The van der Waals surface area contributed by atoms with Gasteiger partial charge in [-0.2, -0.15) is 0 Å². The molecule has 7 aromatic carbocycles. The highest BCUT2D eigenvalue weighted by atomic mass is 31.1. The maximum Gasteiger partial charge on any atom is -0.00262 e. The molecule has 0 fully saturated rings. The summed E-state index contributed by atoms with van der Waals surface area (Å²) in [6, 6.07) is 58.1. The molecule has 0 nitrogen and oxygen atoms in total. The van der Waals surface area contributed by atoms with Gasteiger partial charge < -0.3 is 0 Å². The highest BCUT2D eigenvalue weighted by molar-refractivity contribution is 7.76. The van der Waals surface area contributed by atoms with Gasteiger partial charge in [-0.3, -0.25) is 0 Å². The first-order valence-corrected chi connectivity index (χ1v) is 17.1. The Balaban J connectivity index is 1.29. The SMILES string of the molecule is C1=CCCC(P(c2ccccc2)c2cccc(-c3cccc(-c4c5ccccc5c(-c5ccccc5)c5ccccc45)c3)c2)=C1. The van der Waals surface area contributed by atoms with E-state index in [2.05, 4.69) is 176 Å². The Morgan fingerprint density at radius 2 is 0.889 bits per heavy atom. The minimum absolute atomic E-state index is 0.590. The van der Waals surface area contributed by atoms with Crippen molar-refractivity contribution in [3.63, 3.8) is 0 Å². The van der Waals surface area contributed by atoms with Crippen LogP contribution in [-0.2, 0) is 0 Å². The van der Waals surface area contributed by atoms with Gasteiger partial charge in [0.05, 0.1) is 0 Å². The third-order valence-electron chi connectivity index (χ3n) is 8.88. The van der Waals surface area contributed by atoms with Crippen molar-refractivity contribution in [1.82, 2.24) is 0 Å². The van der Waals surface area contributed by atoms with Crippen LogP contribution < -0.4 is 10.6 Å². The Labute approximate surface area is 266 Å². The average Bonchev–Trinajstić information content (AvgIpc) is 3.12. The van der Waals surface area contributed by atoms with E-state index in [1.807, 2.05) is 0 Å². The fourth-order valence-electron chi connectivity index (χ4n) is 6.87. The largest absolute Gasteiger partial charge is 0.0842 e. The molecule has 0 spiro atoms. The van der Waals surface area contributed by atoms with E-state index >= 15 is 0 Å². The molecule has 0 amide bonds. The molecule has 0 aromatic heterocycles. The molecule has 0 radical (unpaired) electrons. The molecule has 0 saturated heterocycles. The predicted molar refractivity (Wildman–Crippen MR) is 197 cm³/mol. The van der Waals surface area contributed by atoms with Crippen LogP contribution in [-0.4, -0.2) is 0 Å². The van der Waals surface area contributed by atoms with E-state index in [0.29, 0.717) is 0 Å². The van der Waals surface area contributed by atoms with E-state index in [4.69, 9.17) is 0 Å². The standard InChI is InChI=1S/C44H33P/c1-4-16-32(17-5-1)43-39-26-10-12-28-41(39)44(42-29-13-11-27-40(42)43)35-20-14-18-33(30-35)34-19-15-25-38(31-34)45(36-21-6-2-7-22-36)37-23-8-3-9-24-37/h1-8,10-23,25-31H,9,24H2. The molecular formula is C44H33P. The molecule has 1 aliphatic carbocycles. The van der Waals surface area contributed by atoms with Crippen LogP contribution in [0, 0.1) is 0 Å². The molecule has 1 heteroatoms. The number of fused-ring (bicyclic) bond motifs is 2. The Morgan fingerprint density at radius 3 is 1.51 bits per heavy atom. The Bertz CT molecular complexity index is 2150. The average molecular weight is 593 g/mol. The van der Waals surface area contributed by atoms with Gasteiger partial charge in [0.2, 0.25) is 0 Å². The van der Waals surface area contributed by atoms with Crippen LogP contribution in [0.5, 0.6) is 0 Å². The number of benzene rings is 7. The molecule has 0 heterocycles. The summed E-state index contributed by atoms with van der Waals surface area (Å²) in [4.78, 5) is 0. The van der Waals surface area contributed by atoms with E-state index in [0.717, 1.165) is 12.8 Å². The van der Waals surface area contributed by atoms with Crippen molar-refractivity contribution in [3.8, 4) is 33.4 Å². The molecule has 1 atom stereocenters. The van der Waals surface area contributed by atoms with Crippen LogP contribution in [0.4, 0.5) is 0 Å². The van der Waals surface area contributed by atoms with Crippen LogP contribution in [0.15, 0.2) is 181 Å². The molecule has 1 unspecified atom stereocenters. The molecule has 1 aliphatic rings.